The summed E-state index contributed by atoms with van der Waals surface area (Å²) in [6.07, 6.45) is 5.25. The van der Waals surface area contributed by atoms with Gasteiger partial charge in [-0.15, -0.1) is 0 Å². The van der Waals surface area contributed by atoms with Gasteiger partial charge in [-0.3, -0.25) is 9.48 Å². The van der Waals surface area contributed by atoms with Crippen LogP contribution in [0.15, 0.2) is 18.2 Å². The Bertz CT molecular complexity index is 897. The molecule has 0 unspecified atom stereocenters. The van der Waals surface area contributed by atoms with Gasteiger partial charge in [-0.05, 0) is 43.7 Å². The number of methoxy groups -OCH3 is 1. The van der Waals surface area contributed by atoms with Gasteiger partial charge in [-0.25, -0.2) is 0 Å². The fourth-order valence-electron chi connectivity index (χ4n) is 4.41. The number of ether oxygens (including phenoxy) is 2. The molecule has 1 N–H and O–H groups in total. The van der Waals surface area contributed by atoms with Gasteiger partial charge in [0, 0.05) is 57.2 Å². The Balaban J connectivity index is 1.39. The van der Waals surface area contributed by atoms with Gasteiger partial charge < -0.3 is 19.7 Å². The summed E-state index contributed by atoms with van der Waals surface area (Å²) in [6, 6.07) is 6.99. The second-order valence-corrected chi connectivity index (χ2v) is 8.84. The predicted octanol–water partition coefficient (Wildman–Crippen LogP) is 2.43. The number of fused-ring (bicyclic) bond motifs is 1. The largest absolute Gasteiger partial charge is 0.385 e. The lowest BCUT2D eigenvalue weighted by Crippen LogP contribution is -2.49. The minimum atomic E-state index is -0.357. The van der Waals surface area contributed by atoms with Gasteiger partial charge in [0.25, 0.3) is 5.91 Å². The Morgan fingerprint density at radius 2 is 2.20 bits per heavy atom. The van der Waals surface area contributed by atoms with Crippen LogP contribution in [0.3, 0.4) is 0 Å². The molecule has 3 fully saturated rings. The van der Waals surface area contributed by atoms with E-state index in [-0.39, 0.29) is 12.0 Å². The van der Waals surface area contributed by atoms with Gasteiger partial charge in [0.1, 0.15) is 6.10 Å². The number of benzene rings is 1. The van der Waals surface area contributed by atoms with E-state index in [4.69, 9.17) is 14.6 Å². The normalized spacial score (nSPS) is 21.8. The van der Waals surface area contributed by atoms with Crippen molar-refractivity contribution in [2.75, 3.05) is 33.4 Å². The maximum atomic E-state index is 13.1. The molecule has 0 radical (unpaired) electrons. The van der Waals surface area contributed by atoms with Crippen molar-refractivity contribution in [1.82, 2.24) is 20.0 Å². The summed E-state index contributed by atoms with van der Waals surface area (Å²) in [5.74, 6) is 0.736. The van der Waals surface area contributed by atoms with Crippen molar-refractivity contribution in [3.05, 3.63) is 29.5 Å². The maximum Gasteiger partial charge on any atom is 0.253 e. The van der Waals surface area contributed by atoms with Crippen LogP contribution in [0.5, 0.6) is 0 Å². The number of hydrogen-bond donors (Lipinski definition) is 1. The monoisotopic (exact) mass is 412 g/mol. The number of nitrogens with one attached hydrogen (secondary N) is 1. The number of aromatic nitrogens is 2. The Kier molecular flexibility index (Phi) is 5.76. The molecule has 0 bridgehead atoms. The first kappa shape index (κ1) is 20.0. The lowest BCUT2D eigenvalue weighted by Gasteiger charge is -2.30. The topological polar surface area (TPSA) is 68.6 Å². The molecule has 7 nitrogen and oxygen atoms in total. The van der Waals surface area contributed by atoms with E-state index in [2.05, 4.69) is 28.2 Å². The fourth-order valence-corrected chi connectivity index (χ4v) is 4.41. The van der Waals surface area contributed by atoms with E-state index in [1.807, 2.05) is 4.90 Å². The lowest BCUT2D eigenvalue weighted by molar-refractivity contribution is -0.146. The summed E-state index contributed by atoms with van der Waals surface area (Å²) in [4.78, 5) is 15.2. The number of morpholine rings is 1. The average Bonchev–Trinajstić information content (AvgIpc) is 3.70. The number of carbonyl (C=O) groups excluding carboxylic acids is 1. The van der Waals surface area contributed by atoms with Crippen molar-refractivity contribution in [2.24, 2.45) is 0 Å². The van der Waals surface area contributed by atoms with Crippen LogP contribution in [-0.4, -0.2) is 66.1 Å². The summed E-state index contributed by atoms with van der Waals surface area (Å²) >= 11 is 0. The predicted molar refractivity (Wildman–Crippen MR) is 114 cm³/mol. The highest BCUT2D eigenvalue weighted by molar-refractivity contribution is 5.84. The SMILES string of the molecule is COCCCn1nc(C2CC2)c2ccc(CN(C(=O)[C@H]3CNCCO3)C3CC3)cc21. The van der Waals surface area contributed by atoms with E-state index in [9.17, 15) is 4.79 Å². The molecule has 1 aromatic heterocycles. The Morgan fingerprint density at radius 3 is 2.90 bits per heavy atom. The zero-order chi connectivity index (χ0) is 20.5. The van der Waals surface area contributed by atoms with Crippen LogP contribution in [0.1, 0.15) is 49.3 Å². The zero-order valence-electron chi connectivity index (χ0n) is 17.8. The number of amides is 1. The van der Waals surface area contributed by atoms with Crippen molar-refractivity contribution in [3.8, 4) is 0 Å². The molecule has 0 spiro atoms. The Morgan fingerprint density at radius 1 is 1.33 bits per heavy atom. The van der Waals surface area contributed by atoms with Crippen molar-refractivity contribution >= 4 is 16.8 Å². The minimum Gasteiger partial charge on any atom is -0.385 e. The molecule has 1 aliphatic heterocycles. The standard InChI is InChI=1S/C23H32N4O3/c1-29-11-2-10-27-20-13-16(3-8-19(20)22(25-27)17-4-5-17)15-26(18-6-7-18)23(28)21-14-24-9-12-30-21/h3,8,13,17-18,21,24H,2,4-7,9-12,14-15H2,1H3/t21-/m1/s1. The van der Waals surface area contributed by atoms with Crippen LogP contribution in [0, 0.1) is 0 Å². The van der Waals surface area contributed by atoms with Crippen molar-refractivity contribution in [1.29, 1.82) is 0 Å². The first-order valence-corrected chi connectivity index (χ1v) is 11.4. The number of nitrogens with zero attached hydrogens (tertiary/aromatic N) is 3. The maximum absolute atomic E-state index is 13.1. The van der Waals surface area contributed by atoms with E-state index in [1.54, 1.807) is 7.11 Å². The molecule has 2 aliphatic carbocycles. The third-order valence-corrected chi connectivity index (χ3v) is 6.35. The lowest BCUT2D eigenvalue weighted by atomic mass is 10.1. The summed E-state index contributed by atoms with van der Waals surface area (Å²) in [5.41, 5.74) is 3.59. The van der Waals surface area contributed by atoms with Crippen LogP contribution >= 0.6 is 0 Å². The quantitative estimate of drug-likeness (QED) is 0.641. The van der Waals surface area contributed by atoms with Crippen LogP contribution in [0.4, 0.5) is 0 Å². The average molecular weight is 413 g/mol. The molecule has 1 saturated heterocycles. The molecule has 1 amide bonds. The van der Waals surface area contributed by atoms with Gasteiger partial charge in [0.05, 0.1) is 17.8 Å². The highest BCUT2D eigenvalue weighted by Gasteiger charge is 2.37. The molecule has 2 saturated carbocycles. The smallest absolute Gasteiger partial charge is 0.253 e. The molecule has 5 rings (SSSR count). The first-order valence-electron chi connectivity index (χ1n) is 11.4. The molecule has 1 aromatic carbocycles. The van der Waals surface area contributed by atoms with E-state index in [1.165, 1.54) is 35.0 Å². The number of hydrogen-bond acceptors (Lipinski definition) is 5. The molecule has 30 heavy (non-hydrogen) atoms. The van der Waals surface area contributed by atoms with Gasteiger partial charge >= 0.3 is 0 Å². The van der Waals surface area contributed by atoms with Crippen LogP contribution in [0.25, 0.3) is 10.9 Å². The molecule has 2 heterocycles. The van der Waals surface area contributed by atoms with Gasteiger partial charge in [0.2, 0.25) is 0 Å². The molecular weight excluding hydrogens is 380 g/mol. The zero-order valence-corrected chi connectivity index (χ0v) is 17.8. The van der Waals surface area contributed by atoms with Crippen molar-refractivity contribution < 1.29 is 14.3 Å². The fraction of sp³-hybridized carbons (Fsp3) is 0.652. The summed E-state index contributed by atoms with van der Waals surface area (Å²) in [6.45, 7) is 4.26. The molecule has 2 aromatic rings. The summed E-state index contributed by atoms with van der Waals surface area (Å²) in [7, 11) is 1.74. The Labute approximate surface area is 177 Å². The number of carbonyl (C=O) groups is 1. The van der Waals surface area contributed by atoms with Crippen molar-refractivity contribution in [3.63, 3.8) is 0 Å². The molecular formula is C23H32N4O3. The highest BCUT2D eigenvalue weighted by Crippen LogP contribution is 2.42. The number of aryl methyl sites for hydroxylation is 1. The number of rotatable bonds is 9. The van der Waals surface area contributed by atoms with E-state index >= 15 is 0 Å². The molecule has 1 atom stereocenters. The van der Waals surface area contributed by atoms with Crippen LogP contribution < -0.4 is 5.32 Å². The van der Waals surface area contributed by atoms with E-state index in [0.717, 1.165) is 39.0 Å². The van der Waals surface area contributed by atoms with Crippen molar-refractivity contribution in [2.45, 2.75) is 63.3 Å². The Hall–Kier alpha value is -1.96. The van der Waals surface area contributed by atoms with Gasteiger partial charge in [0.15, 0.2) is 0 Å². The summed E-state index contributed by atoms with van der Waals surface area (Å²) in [5, 5.41) is 9.49. The van der Waals surface area contributed by atoms with Gasteiger partial charge in [-0.2, -0.15) is 5.10 Å². The second kappa shape index (κ2) is 8.65. The van der Waals surface area contributed by atoms with Crippen LogP contribution in [0.2, 0.25) is 0 Å². The molecule has 7 heteroatoms. The molecule has 3 aliphatic rings. The van der Waals surface area contributed by atoms with Gasteiger partial charge in [-0.1, -0.05) is 12.1 Å². The van der Waals surface area contributed by atoms with E-state index < -0.39 is 0 Å². The van der Waals surface area contributed by atoms with Crippen LogP contribution in [-0.2, 0) is 27.4 Å². The minimum absolute atomic E-state index is 0.122. The second-order valence-electron chi connectivity index (χ2n) is 8.84. The summed E-state index contributed by atoms with van der Waals surface area (Å²) < 4.78 is 13.1. The first-order chi connectivity index (χ1) is 14.7. The third-order valence-electron chi connectivity index (χ3n) is 6.35. The van der Waals surface area contributed by atoms with E-state index in [0.29, 0.717) is 31.7 Å². The highest BCUT2D eigenvalue weighted by atomic mass is 16.5. The third kappa shape index (κ3) is 4.24. The molecule has 162 valence electrons.